The molecule has 0 spiro atoms. The molecule has 22 heavy (non-hydrogen) atoms. The highest BCUT2D eigenvalue weighted by molar-refractivity contribution is 5.79. The molecule has 2 rings (SSSR count). The molecule has 1 aliphatic heterocycles. The number of nitrogens with zero attached hydrogens (tertiary/aromatic N) is 2. The van der Waals surface area contributed by atoms with Gasteiger partial charge in [0.25, 0.3) is 0 Å². The number of halogens is 2. The summed E-state index contributed by atoms with van der Waals surface area (Å²) in [5.41, 5.74) is 0. The molecule has 1 saturated carbocycles. The van der Waals surface area contributed by atoms with Gasteiger partial charge in [0, 0.05) is 37.9 Å². The van der Waals surface area contributed by atoms with Crippen molar-refractivity contribution in [1.29, 1.82) is 0 Å². The van der Waals surface area contributed by atoms with Crippen LogP contribution >= 0.6 is 0 Å². The lowest BCUT2D eigenvalue weighted by atomic mass is 10.1. The molecule has 1 aliphatic carbocycles. The van der Waals surface area contributed by atoms with Crippen molar-refractivity contribution >= 4 is 5.91 Å². The minimum atomic E-state index is -2.65. The predicted molar refractivity (Wildman–Crippen MR) is 84.0 cm³/mol. The van der Waals surface area contributed by atoms with Crippen molar-refractivity contribution < 1.29 is 13.6 Å². The van der Waals surface area contributed by atoms with Crippen LogP contribution in [0.25, 0.3) is 0 Å². The first kappa shape index (κ1) is 17.6. The van der Waals surface area contributed by atoms with E-state index in [2.05, 4.69) is 4.90 Å². The average Bonchev–Trinajstić information content (AvgIpc) is 2.65. The Morgan fingerprint density at radius 3 is 2.36 bits per heavy atom. The third-order valence-corrected chi connectivity index (χ3v) is 5.02. The first-order chi connectivity index (χ1) is 10.4. The summed E-state index contributed by atoms with van der Waals surface area (Å²) >= 11 is 0. The lowest BCUT2D eigenvalue weighted by Gasteiger charge is -2.32. The van der Waals surface area contributed by atoms with Crippen molar-refractivity contribution in [3.05, 3.63) is 0 Å². The largest absolute Gasteiger partial charge is 0.339 e. The van der Waals surface area contributed by atoms with Crippen molar-refractivity contribution in [3.8, 4) is 0 Å². The van der Waals surface area contributed by atoms with Crippen molar-refractivity contribution in [1.82, 2.24) is 9.80 Å². The van der Waals surface area contributed by atoms with Crippen LogP contribution in [0, 0.1) is 5.92 Å². The van der Waals surface area contributed by atoms with Crippen molar-refractivity contribution in [2.24, 2.45) is 5.92 Å². The number of hydrogen-bond acceptors (Lipinski definition) is 2. The van der Waals surface area contributed by atoms with Gasteiger partial charge >= 0.3 is 0 Å². The zero-order valence-electron chi connectivity index (χ0n) is 14.0. The van der Waals surface area contributed by atoms with Crippen LogP contribution in [-0.4, -0.2) is 53.9 Å². The molecule has 0 aromatic heterocycles. The van der Waals surface area contributed by atoms with Crippen molar-refractivity contribution in [3.63, 3.8) is 0 Å². The van der Waals surface area contributed by atoms with Crippen LogP contribution in [0.1, 0.15) is 58.8 Å². The summed E-state index contributed by atoms with van der Waals surface area (Å²) in [6, 6.07) is 0.0775. The number of carbonyl (C=O) groups is 1. The molecule has 2 aliphatic rings. The molecule has 5 heteroatoms. The predicted octanol–water partition coefficient (Wildman–Crippen LogP) is 3.53. The fourth-order valence-corrected chi connectivity index (χ4v) is 3.63. The van der Waals surface area contributed by atoms with E-state index in [1.807, 2.05) is 18.7 Å². The normalized spacial score (nSPS) is 26.1. The van der Waals surface area contributed by atoms with Gasteiger partial charge in [-0.2, -0.15) is 0 Å². The Morgan fingerprint density at radius 2 is 1.86 bits per heavy atom. The van der Waals surface area contributed by atoms with Gasteiger partial charge in [-0.05, 0) is 46.2 Å². The Morgan fingerprint density at radius 1 is 1.23 bits per heavy atom. The van der Waals surface area contributed by atoms with Gasteiger partial charge in [-0.25, -0.2) is 8.78 Å². The number of hydrogen-bond donors (Lipinski definition) is 0. The molecule has 0 radical (unpaired) electrons. The molecule has 1 saturated heterocycles. The number of rotatable bonds is 5. The minimum Gasteiger partial charge on any atom is -0.339 e. The fraction of sp³-hybridized carbons (Fsp3) is 0.941. The molecule has 128 valence electrons. The van der Waals surface area contributed by atoms with Crippen LogP contribution in [0.15, 0.2) is 0 Å². The van der Waals surface area contributed by atoms with Crippen LogP contribution in [-0.2, 0) is 4.79 Å². The quantitative estimate of drug-likeness (QED) is 0.774. The van der Waals surface area contributed by atoms with Crippen molar-refractivity contribution in [2.45, 2.75) is 70.8 Å². The topological polar surface area (TPSA) is 23.6 Å². The monoisotopic (exact) mass is 316 g/mol. The summed E-state index contributed by atoms with van der Waals surface area (Å²) in [5, 5.41) is 0. The second-order valence-electron chi connectivity index (χ2n) is 7.18. The number of alkyl halides is 2. The lowest BCUT2D eigenvalue weighted by molar-refractivity contribution is -0.138. The lowest BCUT2D eigenvalue weighted by Crippen LogP contribution is -2.45. The molecule has 1 unspecified atom stereocenters. The summed E-state index contributed by atoms with van der Waals surface area (Å²) in [6.07, 6.45) is 4.97. The van der Waals surface area contributed by atoms with Gasteiger partial charge in [0.1, 0.15) is 0 Å². The molecule has 1 heterocycles. The zero-order chi connectivity index (χ0) is 16.2. The van der Waals surface area contributed by atoms with Gasteiger partial charge < -0.3 is 9.80 Å². The molecular weight excluding hydrogens is 286 g/mol. The highest BCUT2D eigenvalue weighted by atomic mass is 19.3. The third kappa shape index (κ3) is 4.90. The van der Waals surface area contributed by atoms with Crippen LogP contribution < -0.4 is 0 Å². The molecular formula is C17H30F2N2O. The van der Waals surface area contributed by atoms with Gasteiger partial charge in [-0.1, -0.05) is 12.8 Å². The average molecular weight is 316 g/mol. The van der Waals surface area contributed by atoms with Crippen LogP contribution in [0.3, 0.4) is 0 Å². The highest BCUT2D eigenvalue weighted by Gasteiger charge is 2.43. The number of likely N-dealkylation sites (tertiary alicyclic amines) is 1. The smallest absolute Gasteiger partial charge is 0.248 e. The van der Waals surface area contributed by atoms with E-state index >= 15 is 0 Å². The highest BCUT2D eigenvalue weighted by Crippen LogP contribution is 2.39. The molecule has 1 atom stereocenters. The minimum absolute atomic E-state index is 0.0676. The van der Waals surface area contributed by atoms with E-state index in [-0.39, 0.29) is 24.8 Å². The Balaban J connectivity index is 1.87. The second kappa shape index (κ2) is 7.71. The van der Waals surface area contributed by atoms with Gasteiger partial charge in [0.2, 0.25) is 11.8 Å². The molecule has 0 N–H and O–H groups in total. The van der Waals surface area contributed by atoms with E-state index in [9.17, 15) is 13.6 Å². The van der Waals surface area contributed by atoms with Gasteiger partial charge in [0.05, 0.1) is 0 Å². The summed E-state index contributed by atoms with van der Waals surface area (Å²) < 4.78 is 26.7. The second-order valence-corrected chi connectivity index (χ2v) is 7.18. The van der Waals surface area contributed by atoms with Crippen molar-refractivity contribution in [2.75, 3.05) is 26.2 Å². The van der Waals surface area contributed by atoms with E-state index in [4.69, 9.17) is 0 Å². The van der Waals surface area contributed by atoms with Gasteiger partial charge in [-0.15, -0.1) is 0 Å². The molecule has 1 amide bonds. The summed E-state index contributed by atoms with van der Waals surface area (Å²) in [6.45, 7) is 7.69. The maximum atomic E-state index is 13.4. The SMILES string of the molecule is CC(C)N(CCN1CCCCCC1)C(=O)C1CCC(F)(F)C1. The number of amides is 1. The molecule has 0 bridgehead atoms. The molecule has 3 nitrogen and oxygen atoms in total. The maximum Gasteiger partial charge on any atom is 0.248 e. The van der Waals surface area contributed by atoms with E-state index in [0.717, 1.165) is 19.6 Å². The summed E-state index contributed by atoms with van der Waals surface area (Å²) in [7, 11) is 0. The Bertz CT molecular complexity index is 366. The maximum absolute atomic E-state index is 13.4. The first-order valence-corrected chi connectivity index (χ1v) is 8.80. The van der Waals surface area contributed by atoms with Gasteiger partial charge in [0.15, 0.2) is 0 Å². The molecule has 0 aromatic carbocycles. The molecule has 2 fully saturated rings. The van der Waals surface area contributed by atoms with E-state index in [1.54, 1.807) is 0 Å². The third-order valence-electron chi connectivity index (χ3n) is 5.02. The van der Waals surface area contributed by atoms with Crippen LogP contribution in [0.2, 0.25) is 0 Å². The van der Waals surface area contributed by atoms with E-state index in [0.29, 0.717) is 13.0 Å². The standard InChI is InChI=1S/C17H30F2N2O/c1-14(2)21(12-11-20-9-5-3-4-6-10-20)16(22)15-7-8-17(18,19)13-15/h14-15H,3-13H2,1-2H3. The summed E-state index contributed by atoms with van der Waals surface area (Å²) in [4.78, 5) is 16.8. The molecule has 0 aromatic rings. The first-order valence-electron chi connectivity index (χ1n) is 8.80. The zero-order valence-corrected chi connectivity index (χ0v) is 14.0. The number of carbonyl (C=O) groups excluding carboxylic acids is 1. The Kier molecular flexibility index (Phi) is 6.18. The fourth-order valence-electron chi connectivity index (χ4n) is 3.63. The van der Waals surface area contributed by atoms with Crippen LogP contribution in [0.4, 0.5) is 8.78 Å². The summed E-state index contributed by atoms with van der Waals surface area (Å²) in [5.74, 6) is -3.20. The van der Waals surface area contributed by atoms with Gasteiger partial charge in [-0.3, -0.25) is 4.79 Å². The van der Waals surface area contributed by atoms with Crippen LogP contribution in [0.5, 0.6) is 0 Å². The Hall–Kier alpha value is -0.710. The van der Waals surface area contributed by atoms with E-state index in [1.165, 1.54) is 25.7 Å². The van der Waals surface area contributed by atoms with E-state index < -0.39 is 11.8 Å². The Labute approximate surface area is 133 Å².